The third-order valence-electron chi connectivity index (χ3n) is 3.00. The van der Waals surface area contributed by atoms with E-state index < -0.39 is 0 Å². The fraction of sp³-hybridized carbons (Fsp3) is 0.143. The first-order chi connectivity index (χ1) is 9.72. The smallest absolute Gasteiger partial charge is 0.267 e. The molecule has 0 radical (unpaired) electrons. The Morgan fingerprint density at radius 2 is 2.30 bits per heavy atom. The number of carbonyl (C=O) groups is 1. The lowest BCUT2D eigenvalue weighted by Gasteiger charge is -2.01. The average molecular weight is 286 g/mol. The van der Waals surface area contributed by atoms with Gasteiger partial charge in [-0.05, 0) is 24.3 Å². The van der Waals surface area contributed by atoms with Gasteiger partial charge in [-0.1, -0.05) is 0 Å². The molecule has 3 rings (SSSR count). The molecule has 0 atom stereocenters. The van der Waals surface area contributed by atoms with Gasteiger partial charge >= 0.3 is 0 Å². The van der Waals surface area contributed by atoms with Crippen LogP contribution in [0, 0.1) is 0 Å². The summed E-state index contributed by atoms with van der Waals surface area (Å²) in [6.07, 6.45) is 2.51. The number of aromatic nitrogens is 2. The molecule has 1 amide bonds. The van der Waals surface area contributed by atoms with E-state index in [-0.39, 0.29) is 5.91 Å². The van der Waals surface area contributed by atoms with Crippen LogP contribution in [0.3, 0.4) is 0 Å². The van der Waals surface area contributed by atoms with Crippen molar-refractivity contribution in [3.63, 3.8) is 0 Å². The van der Waals surface area contributed by atoms with Gasteiger partial charge in [0.1, 0.15) is 5.69 Å². The molecule has 5 nitrogen and oxygen atoms in total. The van der Waals surface area contributed by atoms with E-state index in [0.717, 1.165) is 22.3 Å². The minimum atomic E-state index is -0.115. The van der Waals surface area contributed by atoms with E-state index in [0.29, 0.717) is 17.9 Å². The van der Waals surface area contributed by atoms with Gasteiger partial charge in [0.05, 0.1) is 5.01 Å². The van der Waals surface area contributed by atoms with E-state index in [4.69, 9.17) is 5.73 Å². The maximum Gasteiger partial charge on any atom is 0.267 e. The molecule has 0 aliphatic carbocycles. The molecule has 6 heteroatoms. The summed E-state index contributed by atoms with van der Waals surface area (Å²) in [5.41, 5.74) is 7.86. The van der Waals surface area contributed by atoms with Gasteiger partial charge in [-0.15, -0.1) is 11.3 Å². The molecule has 0 fully saturated rings. The first kappa shape index (κ1) is 12.7. The molecule has 0 aliphatic rings. The van der Waals surface area contributed by atoms with E-state index in [2.05, 4.69) is 15.3 Å². The van der Waals surface area contributed by atoms with E-state index >= 15 is 0 Å². The van der Waals surface area contributed by atoms with Crippen LogP contribution in [0.1, 0.15) is 15.5 Å². The zero-order valence-corrected chi connectivity index (χ0v) is 11.5. The molecule has 3 aromatic rings. The van der Waals surface area contributed by atoms with Crippen molar-refractivity contribution in [1.29, 1.82) is 0 Å². The highest BCUT2D eigenvalue weighted by molar-refractivity contribution is 7.09. The molecule has 20 heavy (non-hydrogen) atoms. The zero-order valence-electron chi connectivity index (χ0n) is 10.7. The predicted molar refractivity (Wildman–Crippen MR) is 80.9 cm³/mol. The van der Waals surface area contributed by atoms with E-state index in [1.54, 1.807) is 17.5 Å². The van der Waals surface area contributed by atoms with Crippen LogP contribution in [-0.2, 0) is 6.42 Å². The highest BCUT2D eigenvalue weighted by Crippen LogP contribution is 2.18. The Balaban J connectivity index is 1.66. The van der Waals surface area contributed by atoms with E-state index in [1.807, 2.05) is 29.6 Å². The number of hydrogen-bond donors (Lipinski definition) is 3. The summed E-state index contributed by atoms with van der Waals surface area (Å²) in [6.45, 7) is 0.573. The van der Waals surface area contributed by atoms with Gasteiger partial charge in [0, 0.05) is 41.1 Å². The minimum absolute atomic E-state index is 0.115. The number of hydrogen-bond acceptors (Lipinski definition) is 4. The number of fused-ring (bicyclic) bond motifs is 1. The van der Waals surface area contributed by atoms with Gasteiger partial charge in [0.15, 0.2) is 0 Å². The lowest BCUT2D eigenvalue weighted by atomic mass is 10.2. The molecule has 0 bridgehead atoms. The molecule has 0 saturated carbocycles. The summed E-state index contributed by atoms with van der Waals surface area (Å²) in [7, 11) is 0. The lowest BCUT2D eigenvalue weighted by molar-refractivity contribution is 0.0950. The minimum Gasteiger partial charge on any atom is -0.399 e. The number of aromatic amines is 1. The Morgan fingerprint density at radius 3 is 3.10 bits per heavy atom. The van der Waals surface area contributed by atoms with Crippen LogP contribution in [-0.4, -0.2) is 22.4 Å². The quantitative estimate of drug-likeness (QED) is 0.643. The van der Waals surface area contributed by atoms with Gasteiger partial charge in [0.25, 0.3) is 5.91 Å². The van der Waals surface area contributed by atoms with Gasteiger partial charge in [-0.3, -0.25) is 4.79 Å². The molecule has 0 unspecified atom stereocenters. The van der Waals surface area contributed by atoms with Crippen molar-refractivity contribution in [3.8, 4) is 0 Å². The fourth-order valence-corrected chi connectivity index (χ4v) is 2.65. The summed E-state index contributed by atoms with van der Waals surface area (Å²) >= 11 is 1.59. The number of carbonyl (C=O) groups excluding carboxylic acids is 1. The van der Waals surface area contributed by atoms with Crippen LogP contribution in [0.2, 0.25) is 0 Å². The number of rotatable bonds is 4. The maximum absolute atomic E-state index is 12.0. The van der Waals surface area contributed by atoms with Crippen molar-refractivity contribution in [2.75, 3.05) is 12.3 Å². The SMILES string of the molecule is Nc1ccc2[nH]c(C(=O)NCCc3nccs3)cc2c1. The number of anilines is 1. The van der Waals surface area contributed by atoms with Crippen LogP contribution in [0.15, 0.2) is 35.8 Å². The Labute approximate surface area is 119 Å². The van der Waals surface area contributed by atoms with Gasteiger partial charge in [-0.2, -0.15) is 0 Å². The Hall–Kier alpha value is -2.34. The van der Waals surface area contributed by atoms with Gasteiger partial charge in [0.2, 0.25) is 0 Å². The summed E-state index contributed by atoms with van der Waals surface area (Å²) in [4.78, 5) is 19.3. The number of H-pyrrole nitrogens is 1. The summed E-state index contributed by atoms with van der Waals surface area (Å²) in [5, 5.41) is 6.77. The zero-order chi connectivity index (χ0) is 13.9. The van der Waals surface area contributed by atoms with Crippen LogP contribution in [0.4, 0.5) is 5.69 Å². The molecule has 0 spiro atoms. The summed E-state index contributed by atoms with van der Waals surface area (Å²) in [6, 6.07) is 7.34. The van der Waals surface area contributed by atoms with Crippen molar-refractivity contribution >= 4 is 33.8 Å². The first-order valence-electron chi connectivity index (χ1n) is 6.27. The first-order valence-corrected chi connectivity index (χ1v) is 7.15. The summed E-state index contributed by atoms with van der Waals surface area (Å²) in [5.74, 6) is -0.115. The molecular weight excluding hydrogens is 272 g/mol. The van der Waals surface area contributed by atoms with Crippen molar-refractivity contribution in [2.24, 2.45) is 0 Å². The van der Waals surface area contributed by atoms with Crippen molar-refractivity contribution in [3.05, 3.63) is 46.5 Å². The molecular formula is C14H14N4OS. The topological polar surface area (TPSA) is 83.8 Å². The molecule has 0 aliphatic heterocycles. The highest BCUT2D eigenvalue weighted by Gasteiger charge is 2.09. The van der Waals surface area contributed by atoms with Crippen LogP contribution in [0.5, 0.6) is 0 Å². The van der Waals surface area contributed by atoms with Crippen molar-refractivity contribution in [1.82, 2.24) is 15.3 Å². The van der Waals surface area contributed by atoms with Crippen LogP contribution >= 0.6 is 11.3 Å². The molecule has 2 heterocycles. The number of nitrogens with one attached hydrogen (secondary N) is 2. The Morgan fingerprint density at radius 1 is 1.40 bits per heavy atom. The largest absolute Gasteiger partial charge is 0.399 e. The summed E-state index contributed by atoms with van der Waals surface area (Å²) < 4.78 is 0. The maximum atomic E-state index is 12.0. The molecule has 2 aromatic heterocycles. The third-order valence-corrected chi connectivity index (χ3v) is 3.84. The third kappa shape index (κ3) is 2.65. The Bertz CT molecular complexity index is 733. The van der Waals surface area contributed by atoms with Crippen molar-refractivity contribution < 1.29 is 4.79 Å². The number of benzene rings is 1. The molecule has 102 valence electrons. The standard InChI is InChI=1S/C14H14N4OS/c15-10-1-2-11-9(7-10)8-12(18-11)14(19)17-4-3-13-16-5-6-20-13/h1-2,5-8,18H,3-4,15H2,(H,17,19). The van der Waals surface area contributed by atoms with Gasteiger partial charge < -0.3 is 16.0 Å². The van der Waals surface area contributed by atoms with Crippen LogP contribution in [0.25, 0.3) is 10.9 Å². The van der Waals surface area contributed by atoms with Crippen molar-refractivity contribution in [2.45, 2.75) is 6.42 Å². The molecule has 0 saturated heterocycles. The fourth-order valence-electron chi connectivity index (χ4n) is 2.03. The molecule has 1 aromatic carbocycles. The van der Waals surface area contributed by atoms with E-state index in [9.17, 15) is 4.79 Å². The second-order valence-corrected chi connectivity index (χ2v) is 5.44. The second kappa shape index (κ2) is 5.34. The van der Waals surface area contributed by atoms with E-state index in [1.165, 1.54) is 0 Å². The number of nitrogen functional groups attached to an aromatic ring is 1. The average Bonchev–Trinajstić information content (AvgIpc) is 3.06. The second-order valence-electron chi connectivity index (χ2n) is 4.46. The lowest BCUT2D eigenvalue weighted by Crippen LogP contribution is -2.25. The predicted octanol–water partition coefficient (Wildman–Crippen LogP) is 2.18. The number of amides is 1. The normalized spacial score (nSPS) is 10.8. The monoisotopic (exact) mass is 286 g/mol. The highest BCUT2D eigenvalue weighted by atomic mass is 32.1. The number of nitrogens with zero attached hydrogens (tertiary/aromatic N) is 1. The van der Waals surface area contributed by atoms with Gasteiger partial charge in [-0.25, -0.2) is 4.98 Å². The Kier molecular flexibility index (Phi) is 3.39. The van der Waals surface area contributed by atoms with Crippen LogP contribution < -0.4 is 11.1 Å². The number of nitrogens with two attached hydrogens (primary N) is 1. The molecule has 4 N–H and O–H groups in total. The number of thiazole rings is 1.